The third-order valence-corrected chi connectivity index (χ3v) is 6.14. The average Bonchev–Trinajstić information content (AvgIpc) is 2.76. The Hall–Kier alpha value is -2.54. The van der Waals surface area contributed by atoms with E-state index in [0.29, 0.717) is 17.9 Å². The van der Waals surface area contributed by atoms with Crippen LogP contribution in [0.2, 0.25) is 0 Å². The summed E-state index contributed by atoms with van der Waals surface area (Å²) in [6, 6.07) is 12.8. The quantitative estimate of drug-likeness (QED) is 0.428. The van der Waals surface area contributed by atoms with Gasteiger partial charge in [0.1, 0.15) is 17.5 Å². The molecule has 0 saturated heterocycles. The molecule has 0 fully saturated rings. The number of hydrogen-bond acceptors (Lipinski definition) is 4. The van der Waals surface area contributed by atoms with Gasteiger partial charge in [-0.3, -0.25) is 9.59 Å². The minimum absolute atomic E-state index is 0.000821. The molecule has 35 heavy (non-hydrogen) atoms. The molecule has 0 bridgehead atoms. The molecule has 6 nitrogen and oxygen atoms in total. The third-order valence-electron chi connectivity index (χ3n) is 5.52. The molecule has 0 heterocycles. The highest BCUT2D eigenvalue weighted by atomic mass is 79.9. The molecule has 0 aliphatic heterocycles. The monoisotopic (exact) mass is 546 g/mol. The van der Waals surface area contributed by atoms with E-state index in [1.54, 1.807) is 12.0 Å². The van der Waals surface area contributed by atoms with Crippen LogP contribution in [-0.2, 0) is 21.5 Å². The molecular formula is C28H39BrN2O4. The number of hydrogen-bond donors (Lipinski definition) is 1. The van der Waals surface area contributed by atoms with Crippen LogP contribution < -0.4 is 14.8 Å². The van der Waals surface area contributed by atoms with Gasteiger partial charge >= 0.3 is 0 Å². The Balaban J connectivity index is 2.29. The van der Waals surface area contributed by atoms with Crippen molar-refractivity contribution in [1.29, 1.82) is 0 Å². The fourth-order valence-electron chi connectivity index (χ4n) is 3.65. The molecule has 0 aliphatic carbocycles. The molecule has 1 atom stereocenters. The van der Waals surface area contributed by atoms with Gasteiger partial charge in [-0.1, -0.05) is 45.9 Å². The van der Waals surface area contributed by atoms with Crippen molar-refractivity contribution in [1.82, 2.24) is 10.2 Å². The SMILES string of the molecule is CC[C@@H](C(=O)NC(C)(C)C)N(Cc1cccc(OC)c1)C(=O)COc1ccc(C(C)(C)C)cc1Br. The molecule has 0 radical (unpaired) electrons. The van der Waals surface area contributed by atoms with Crippen molar-refractivity contribution < 1.29 is 19.1 Å². The number of rotatable bonds is 9. The van der Waals surface area contributed by atoms with Crippen LogP contribution in [0, 0.1) is 0 Å². The van der Waals surface area contributed by atoms with Crippen molar-refractivity contribution in [2.24, 2.45) is 0 Å². The highest BCUT2D eigenvalue weighted by molar-refractivity contribution is 9.10. The number of methoxy groups -OCH3 is 1. The molecule has 7 heteroatoms. The number of benzene rings is 2. The Bertz CT molecular complexity index is 1020. The van der Waals surface area contributed by atoms with Crippen LogP contribution in [0.4, 0.5) is 0 Å². The standard InChI is InChI=1S/C28H39BrN2O4/c1-9-23(26(33)30-28(5,6)7)31(17-19-11-10-12-21(15-19)34-8)25(32)18-35-24-14-13-20(16-22(24)29)27(2,3)4/h10-16,23H,9,17-18H2,1-8H3,(H,30,33)/t23-/m0/s1. The smallest absolute Gasteiger partial charge is 0.261 e. The number of nitrogens with one attached hydrogen (secondary N) is 1. The van der Waals surface area contributed by atoms with Crippen LogP contribution in [-0.4, -0.2) is 42.0 Å². The first-order valence-corrected chi connectivity index (χ1v) is 12.7. The molecule has 1 N–H and O–H groups in total. The maximum absolute atomic E-state index is 13.5. The van der Waals surface area contributed by atoms with Gasteiger partial charge in [0.05, 0.1) is 11.6 Å². The van der Waals surface area contributed by atoms with E-state index in [1.807, 2.05) is 70.2 Å². The highest BCUT2D eigenvalue weighted by Crippen LogP contribution is 2.31. The van der Waals surface area contributed by atoms with Crippen molar-refractivity contribution in [3.63, 3.8) is 0 Å². The Kier molecular flexibility index (Phi) is 9.78. The maximum atomic E-state index is 13.5. The first kappa shape index (κ1) is 28.7. The lowest BCUT2D eigenvalue weighted by Crippen LogP contribution is -2.54. The first-order valence-electron chi connectivity index (χ1n) is 11.9. The van der Waals surface area contributed by atoms with E-state index in [2.05, 4.69) is 42.0 Å². The minimum Gasteiger partial charge on any atom is -0.497 e. The number of nitrogens with zero attached hydrogens (tertiary/aromatic N) is 1. The number of carbonyl (C=O) groups is 2. The average molecular weight is 548 g/mol. The molecule has 2 rings (SSSR count). The lowest BCUT2D eigenvalue weighted by molar-refractivity contribution is -0.143. The second-order valence-corrected chi connectivity index (χ2v) is 11.6. The van der Waals surface area contributed by atoms with E-state index < -0.39 is 11.6 Å². The van der Waals surface area contributed by atoms with Gasteiger partial charge in [-0.15, -0.1) is 0 Å². The predicted octanol–water partition coefficient (Wildman–Crippen LogP) is 5.86. The van der Waals surface area contributed by atoms with Crippen LogP contribution in [0.3, 0.4) is 0 Å². The molecule has 2 aromatic carbocycles. The number of amides is 2. The van der Waals surface area contributed by atoms with Gasteiger partial charge in [0, 0.05) is 12.1 Å². The van der Waals surface area contributed by atoms with Crippen molar-refractivity contribution in [3.8, 4) is 11.5 Å². The van der Waals surface area contributed by atoms with Crippen molar-refractivity contribution >= 4 is 27.7 Å². The summed E-state index contributed by atoms with van der Waals surface area (Å²) < 4.78 is 12.0. The molecular weight excluding hydrogens is 508 g/mol. The van der Waals surface area contributed by atoms with Gasteiger partial charge in [-0.05, 0) is 83.9 Å². The lowest BCUT2D eigenvalue weighted by atomic mass is 9.87. The predicted molar refractivity (Wildman–Crippen MR) is 144 cm³/mol. The van der Waals surface area contributed by atoms with Crippen LogP contribution in [0.15, 0.2) is 46.9 Å². The van der Waals surface area contributed by atoms with E-state index in [0.717, 1.165) is 15.6 Å². The second-order valence-electron chi connectivity index (χ2n) is 10.7. The van der Waals surface area contributed by atoms with Gasteiger partial charge in [0.25, 0.3) is 5.91 Å². The van der Waals surface area contributed by atoms with Crippen LogP contribution in [0.25, 0.3) is 0 Å². The fourth-order valence-corrected chi connectivity index (χ4v) is 4.14. The van der Waals surface area contributed by atoms with Gasteiger partial charge in [0.2, 0.25) is 5.91 Å². The minimum atomic E-state index is -0.636. The van der Waals surface area contributed by atoms with Gasteiger partial charge in [-0.25, -0.2) is 0 Å². The molecule has 0 aliphatic rings. The molecule has 0 unspecified atom stereocenters. The summed E-state index contributed by atoms with van der Waals surface area (Å²) in [5.74, 6) is 0.823. The fraction of sp³-hybridized carbons (Fsp3) is 0.500. The van der Waals surface area contributed by atoms with E-state index >= 15 is 0 Å². The first-order chi connectivity index (χ1) is 16.2. The Morgan fingerprint density at radius 3 is 2.29 bits per heavy atom. The maximum Gasteiger partial charge on any atom is 0.261 e. The van der Waals surface area contributed by atoms with E-state index in [1.165, 1.54) is 0 Å². The zero-order valence-electron chi connectivity index (χ0n) is 22.2. The topological polar surface area (TPSA) is 67.9 Å². The zero-order valence-corrected chi connectivity index (χ0v) is 23.8. The van der Waals surface area contributed by atoms with Crippen molar-refractivity contribution in [2.75, 3.05) is 13.7 Å². The third kappa shape index (κ3) is 8.57. The van der Waals surface area contributed by atoms with E-state index in [9.17, 15) is 9.59 Å². The van der Waals surface area contributed by atoms with Crippen LogP contribution >= 0.6 is 15.9 Å². The van der Waals surface area contributed by atoms with E-state index in [4.69, 9.17) is 9.47 Å². The van der Waals surface area contributed by atoms with Crippen LogP contribution in [0.5, 0.6) is 11.5 Å². The molecule has 2 amide bonds. The summed E-state index contributed by atoms with van der Waals surface area (Å²) in [5, 5.41) is 3.01. The normalized spacial score (nSPS) is 12.6. The molecule has 2 aromatic rings. The van der Waals surface area contributed by atoms with Crippen LogP contribution in [0.1, 0.15) is 66.0 Å². The van der Waals surface area contributed by atoms with Gasteiger partial charge in [-0.2, -0.15) is 0 Å². The highest BCUT2D eigenvalue weighted by Gasteiger charge is 2.31. The zero-order chi connectivity index (χ0) is 26.4. The largest absolute Gasteiger partial charge is 0.497 e. The summed E-state index contributed by atoms with van der Waals surface area (Å²) in [6.07, 6.45) is 0.474. The summed E-state index contributed by atoms with van der Waals surface area (Å²) in [4.78, 5) is 28.2. The number of carbonyl (C=O) groups excluding carboxylic acids is 2. The lowest BCUT2D eigenvalue weighted by Gasteiger charge is -2.33. The van der Waals surface area contributed by atoms with Gasteiger partial charge < -0.3 is 19.7 Å². The van der Waals surface area contributed by atoms with E-state index in [-0.39, 0.29) is 30.4 Å². The molecule has 0 saturated carbocycles. The van der Waals surface area contributed by atoms with Gasteiger partial charge in [0.15, 0.2) is 6.61 Å². The second kappa shape index (κ2) is 11.9. The molecule has 0 aromatic heterocycles. The summed E-state index contributed by atoms with van der Waals surface area (Å²) in [7, 11) is 1.60. The van der Waals surface area contributed by atoms with Crippen molar-refractivity contribution in [3.05, 3.63) is 58.1 Å². The summed E-state index contributed by atoms with van der Waals surface area (Å²) in [5.41, 5.74) is 1.62. The molecule has 192 valence electrons. The Morgan fingerprint density at radius 1 is 1.06 bits per heavy atom. The summed E-state index contributed by atoms with van der Waals surface area (Å²) in [6.45, 7) is 14.2. The number of halogens is 1. The van der Waals surface area contributed by atoms with Crippen molar-refractivity contribution in [2.45, 2.75) is 78.4 Å². The summed E-state index contributed by atoms with van der Waals surface area (Å²) >= 11 is 3.57. The molecule has 0 spiro atoms. The Morgan fingerprint density at radius 2 is 1.74 bits per heavy atom. The number of ether oxygens (including phenoxy) is 2. The Labute approximate surface area is 218 Å².